The van der Waals surface area contributed by atoms with Crippen LogP contribution in [0.4, 0.5) is 11.4 Å². The van der Waals surface area contributed by atoms with Gasteiger partial charge in [0.2, 0.25) is 5.91 Å². The molecular weight excluding hydrogens is 381 g/mol. The Bertz CT molecular complexity index is 735. The zero-order chi connectivity index (χ0) is 17.1. The summed E-state index contributed by atoms with van der Waals surface area (Å²) in [7, 11) is 0. The summed E-state index contributed by atoms with van der Waals surface area (Å²) in [5.41, 5.74) is 3.54. The molecule has 1 unspecified atom stereocenters. The van der Waals surface area contributed by atoms with E-state index in [1.54, 1.807) is 0 Å². The van der Waals surface area contributed by atoms with Gasteiger partial charge in [-0.05, 0) is 37.1 Å². The number of carbonyl (C=O) groups is 1. The number of hydrogen-bond acceptors (Lipinski definition) is 3. The molecule has 2 aromatic carbocycles. The smallest absolute Gasteiger partial charge is 0.231 e. The van der Waals surface area contributed by atoms with Gasteiger partial charge in [-0.1, -0.05) is 42.5 Å². The van der Waals surface area contributed by atoms with E-state index in [-0.39, 0.29) is 36.6 Å². The molecule has 0 aliphatic carbocycles. The van der Waals surface area contributed by atoms with Gasteiger partial charge in [-0.3, -0.25) is 4.79 Å². The minimum absolute atomic E-state index is 0. The molecule has 27 heavy (non-hydrogen) atoms. The fourth-order valence-electron chi connectivity index (χ4n) is 3.90. The predicted octanol–water partition coefficient (Wildman–Crippen LogP) is 3.88. The summed E-state index contributed by atoms with van der Waals surface area (Å²) >= 11 is 0. The second-order valence-electron chi connectivity index (χ2n) is 6.93. The molecule has 1 amide bonds. The second-order valence-corrected chi connectivity index (χ2v) is 6.93. The van der Waals surface area contributed by atoms with Crippen LogP contribution in [0.1, 0.15) is 18.4 Å². The van der Waals surface area contributed by atoms with Crippen molar-refractivity contribution in [3.63, 3.8) is 0 Å². The molecule has 1 fully saturated rings. The van der Waals surface area contributed by atoms with Crippen molar-refractivity contribution < 1.29 is 4.79 Å². The zero-order valence-corrected chi connectivity index (χ0v) is 17.0. The largest absolute Gasteiger partial charge is 0.365 e. The van der Waals surface area contributed by atoms with E-state index in [9.17, 15) is 4.79 Å². The first-order valence-electron chi connectivity index (χ1n) is 9.23. The van der Waals surface area contributed by atoms with Gasteiger partial charge in [-0.25, -0.2) is 0 Å². The average molecular weight is 408 g/mol. The first-order valence-corrected chi connectivity index (χ1v) is 9.23. The number of nitrogens with one attached hydrogen (secondary N) is 1. The van der Waals surface area contributed by atoms with Gasteiger partial charge in [0.05, 0.1) is 17.3 Å². The maximum Gasteiger partial charge on any atom is 0.231 e. The van der Waals surface area contributed by atoms with E-state index in [1.165, 1.54) is 11.3 Å². The summed E-state index contributed by atoms with van der Waals surface area (Å²) in [4.78, 5) is 17.5. The summed E-state index contributed by atoms with van der Waals surface area (Å²) in [5, 5.41) is 3.32. The lowest BCUT2D eigenvalue weighted by atomic mass is 10.1. The van der Waals surface area contributed by atoms with Crippen LogP contribution in [0.15, 0.2) is 54.6 Å². The van der Waals surface area contributed by atoms with Gasteiger partial charge in [-0.2, -0.15) is 0 Å². The van der Waals surface area contributed by atoms with Gasteiger partial charge < -0.3 is 15.1 Å². The quantitative estimate of drug-likeness (QED) is 0.837. The highest BCUT2D eigenvalue weighted by Crippen LogP contribution is 2.34. The lowest BCUT2D eigenvalue weighted by Crippen LogP contribution is -2.37. The number of halogens is 2. The van der Waals surface area contributed by atoms with Crippen molar-refractivity contribution in [2.75, 3.05) is 36.0 Å². The van der Waals surface area contributed by atoms with Crippen LogP contribution in [0.25, 0.3) is 0 Å². The molecule has 1 N–H and O–H groups in total. The van der Waals surface area contributed by atoms with E-state index < -0.39 is 0 Å². The maximum absolute atomic E-state index is 13.0. The first kappa shape index (κ1) is 21.5. The third kappa shape index (κ3) is 4.75. The van der Waals surface area contributed by atoms with Crippen molar-refractivity contribution in [2.24, 2.45) is 5.92 Å². The Morgan fingerprint density at radius 2 is 1.67 bits per heavy atom. The van der Waals surface area contributed by atoms with Crippen LogP contribution in [0, 0.1) is 5.92 Å². The molecule has 0 bridgehead atoms. The molecule has 4 rings (SSSR count). The van der Waals surface area contributed by atoms with Crippen molar-refractivity contribution in [3.05, 3.63) is 60.2 Å². The van der Waals surface area contributed by atoms with Crippen LogP contribution >= 0.6 is 24.8 Å². The lowest BCUT2D eigenvalue weighted by molar-refractivity contribution is -0.121. The van der Waals surface area contributed by atoms with Crippen molar-refractivity contribution in [2.45, 2.75) is 19.4 Å². The standard InChI is InChI=1S/C21H25N3O.2ClH/c25-21(18-11-12-22-15-18)24-14-6-13-23(16-17-7-2-1-3-8-17)19-9-4-5-10-20(19)24;;/h1-5,7-10,18,22H,6,11-16H2;2*1H. The number of benzene rings is 2. The second kappa shape index (κ2) is 9.98. The van der Waals surface area contributed by atoms with Crippen LogP contribution in [-0.2, 0) is 11.3 Å². The molecule has 2 heterocycles. The number of anilines is 2. The number of rotatable bonds is 3. The molecule has 0 radical (unpaired) electrons. The van der Waals surface area contributed by atoms with Gasteiger partial charge in [0.15, 0.2) is 0 Å². The van der Waals surface area contributed by atoms with Gasteiger partial charge >= 0.3 is 0 Å². The number of fused-ring (bicyclic) bond motifs is 1. The summed E-state index contributed by atoms with van der Waals surface area (Å²) in [6.45, 7) is 4.42. The van der Waals surface area contributed by atoms with Gasteiger partial charge in [0.1, 0.15) is 0 Å². The molecule has 6 heteroatoms. The van der Waals surface area contributed by atoms with Crippen LogP contribution in [0.2, 0.25) is 0 Å². The van der Waals surface area contributed by atoms with E-state index in [0.717, 1.165) is 51.3 Å². The van der Waals surface area contributed by atoms with Crippen molar-refractivity contribution in [1.29, 1.82) is 0 Å². The van der Waals surface area contributed by atoms with Crippen LogP contribution in [0.5, 0.6) is 0 Å². The third-order valence-electron chi connectivity index (χ3n) is 5.21. The molecule has 2 aliphatic rings. The molecule has 4 nitrogen and oxygen atoms in total. The van der Waals surface area contributed by atoms with Crippen LogP contribution in [0.3, 0.4) is 0 Å². The third-order valence-corrected chi connectivity index (χ3v) is 5.21. The molecule has 2 aliphatic heterocycles. The lowest BCUT2D eigenvalue weighted by Gasteiger charge is -2.28. The van der Waals surface area contributed by atoms with Gasteiger partial charge in [0.25, 0.3) is 0 Å². The Morgan fingerprint density at radius 3 is 2.37 bits per heavy atom. The number of carbonyl (C=O) groups excluding carboxylic acids is 1. The molecule has 0 spiro atoms. The van der Waals surface area contributed by atoms with Crippen LogP contribution in [-0.4, -0.2) is 32.1 Å². The molecule has 1 saturated heterocycles. The zero-order valence-electron chi connectivity index (χ0n) is 15.3. The highest BCUT2D eigenvalue weighted by Gasteiger charge is 2.31. The highest BCUT2D eigenvalue weighted by atomic mass is 35.5. The van der Waals surface area contributed by atoms with E-state index in [4.69, 9.17) is 0 Å². The average Bonchev–Trinajstić information content (AvgIpc) is 3.13. The minimum atomic E-state index is 0. The van der Waals surface area contributed by atoms with E-state index in [2.05, 4.69) is 58.7 Å². The monoisotopic (exact) mass is 407 g/mol. The number of para-hydroxylation sites is 2. The summed E-state index contributed by atoms with van der Waals surface area (Å²) in [6.07, 6.45) is 1.94. The minimum Gasteiger partial charge on any atom is -0.365 e. The van der Waals surface area contributed by atoms with Crippen molar-refractivity contribution in [1.82, 2.24) is 5.32 Å². The summed E-state index contributed by atoms with van der Waals surface area (Å²) < 4.78 is 0. The number of nitrogens with zero attached hydrogens (tertiary/aromatic N) is 2. The Morgan fingerprint density at radius 1 is 0.963 bits per heavy atom. The Balaban J connectivity index is 0.00000131. The SMILES string of the molecule is Cl.Cl.O=C(C1CCNC1)N1CCCN(Cc2ccccc2)c2ccccc21. The molecule has 0 aromatic heterocycles. The molecule has 146 valence electrons. The van der Waals surface area contributed by atoms with E-state index in [0.29, 0.717) is 0 Å². The highest BCUT2D eigenvalue weighted by molar-refractivity contribution is 5.98. The van der Waals surface area contributed by atoms with Crippen molar-refractivity contribution in [3.8, 4) is 0 Å². The topological polar surface area (TPSA) is 35.6 Å². The Hall–Kier alpha value is -1.75. The molecule has 2 aromatic rings. The van der Waals surface area contributed by atoms with E-state index >= 15 is 0 Å². The Labute approximate surface area is 173 Å². The number of amides is 1. The normalized spacial score (nSPS) is 18.7. The maximum atomic E-state index is 13.0. The fraction of sp³-hybridized carbons (Fsp3) is 0.381. The van der Waals surface area contributed by atoms with Gasteiger partial charge in [0, 0.05) is 26.2 Å². The Kier molecular flexibility index (Phi) is 7.96. The molecular formula is C21H27Cl2N3O. The first-order chi connectivity index (χ1) is 12.3. The fourth-order valence-corrected chi connectivity index (χ4v) is 3.90. The number of hydrogen-bond donors (Lipinski definition) is 1. The van der Waals surface area contributed by atoms with Gasteiger partial charge in [-0.15, -0.1) is 24.8 Å². The summed E-state index contributed by atoms with van der Waals surface area (Å²) in [6, 6.07) is 18.9. The van der Waals surface area contributed by atoms with Crippen LogP contribution < -0.4 is 15.1 Å². The van der Waals surface area contributed by atoms with E-state index in [1.807, 2.05) is 11.0 Å². The molecule has 1 atom stereocenters. The van der Waals surface area contributed by atoms with Crippen molar-refractivity contribution >= 4 is 42.1 Å². The predicted molar refractivity (Wildman–Crippen MR) is 116 cm³/mol. The summed E-state index contributed by atoms with van der Waals surface area (Å²) in [5.74, 6) is 0.396. The molecule has 0 saturated carbocycles.